The highest BCUT2D eigenvalue weighted by molar-refractivity contribution is 7.18. The molecule has 0 aliphatic carbocycles. The third-order valence-electron chi connectivity index (χ3n) is 5.77. The number of ether oxygens (including phenoxy) is 1. The molecule has 3 heterocycles. The van der Waals surface area contributed by atoms with Crippen molar-refractivity contribution in [1.29, 1.82) is 0 Å². The van der Waals surface area contributed by atoms with Crippen LogP contribution in [0.15, 0.2) is 30.3 Å². The van der Waals surface area contributed by atoms with E-state index in [1.807, 2.05) is 37.3 Å². The van der Waals surface area contributed by atoms with Crippen LogP contribution in [0.25, 0.3) is 10.2 Å². The van der Waals surface area contributed by atoms with Gasteiger partial charge in [0.15, 0.2) is 0 Å². The van der Waals surface area contributed by atoms with E-state index in [9.17, 15) is 5.11 Å². The second kappa shape index (κ2) is 9.39. The maximum Gasteiger partial charge on any atom is 0.146 e. The van der Waals surface area contributed by atoms with Gasteiger partial charge in [0.25, 0.3) is 0 Å². The molecule has 1 aliphatic heterocycles. The van der Waals surface area contributed by atoms with Crippen LogP contribution in [0.4, 0.5) is 5.82 Å². The minimum atomic E-state index is -0.514. The first kappa shape index (κ1) is 21.2. The first-order valence-electron chi connectivity index (χ1n) is 10.6. The molecule has 2 atom stereocenters. The van der Waals surface area contributed by atoms with Gasteiger partial charge in [-0.3, -0.25) is 4.90 Å². The number of benzene rings is 1. The van der Waals surface area contributed by atoms with Gasteiger partial charge in [-0.25, -0.2) is 9.97 Å². The normalized spacial score (nSPS) is 17.2. The van der Waals surface area contributed by atoms with Crippen molar-refractivity contribution >= 4 is 27.4 Å². The van der Waals surface area contributed by atoms with Gasteiger partial charge in [0.2, 0.25) is 0 Å². The van der Waals surface area contributed by atoms with Crippen LogP contribution >= 0.6 is 11.3 Å². The summed E-state index contributed by atoms with van der Waals surface area (Å²) in [7, 11) is 0. The summed E-state index contributed by atoms with van der Waals surface area (Å²) >= 11 is 1.71. The Labute approximate surface area is 181 Å². The first-order valence-corrected chi connectivity index (χ1v) is 11.4. The molecule has 30 heavy (non-hydrogen) atoms. The fraction of sp³-hybridized carbons (Fsp3) is 0.478. The van der Waals surface area contributed by atoms with Crippen LogP contribution in [0, 0.1) is 13.8 Å². The van der Waals surface area contributed by atoms with E-state index >= 15 is 0 Å². The van der Waals surface area contributed by atoms with Crippen LogP contribution < -0.4 is 5.32 Å². The molecular formula is C23H30N4O2S. The molecule has 7 heteroatoms. The molecule has 0 saturated carbocycles. The van der Waals surface area contributed by atoms with E-state index in [1.165, 1.54) is 10.4 Å². The molecule has 2 unspecified atom stereocenters. The fourth-order valence-electron chi connectivity index (χ4n) is 3.77. The number of rotatable bonds is 7. The minimum absolute atomic E-state index is 0.140. The predicted octanol–water partition coefficient (Wildman–Crippen LogP) is 3.54. The second-order valence-corrected chi connectivity index (χ2v) is 9.23. The molecule has 160 valence electrons. The van der Waals surface area contributed by atoms with Gasteiger partial charge in [0.1, 0.15) is 16.5 Å². The van der Waals surface area contributed by atoms with Gasteiger partial charge in [-0.1, -0.05) is 30.3 Å². The van der Waals surface area contributed by atoms with E-state index in [2.05, 4.69) is 24.1 Å². The Kier molecular flexibility index (Phi) is 6.63. The van der Waals surface area contributed by atoms with Crippen molar-refractivity contribution < 1.29 is 9.84 Å². The van der Waals surface area contributed by atoms with Gasteiger partial charge in [-0.2, -0.15) is 0 Å². The van der Waals surface area contributed by atoms with Crippen molar-refractivity contribution in [2.75, 3.05) is 31.6 Å². The zero-order valence-electron chi connectivity index (χ0n) is 17.9. The Hall–Kier alpha value is -2.06. The molecule has 1 saturated heterocycles. The summed E-state index contributed by atoms with van der Waals surface area (Å²) in [6, 6.07) is 9.95. The lowest BCUT2D eigenvalue weighted by Gasteiger charge is -2.26. The minimum Gasteiger partial charge on any atom is -0.391 e. The smallest absolute Gasteiger partial charge is 0.146 e. The number of anilines is 1. The Balaban J connectivity index is 1.57. The van der Waals surface area contributed by atoms with Crippen molar-refractivity contribution in [3.05, 3.63) is 52.2 Å². The van der Waals surface area contributed by atoms with Crippen LogP contribution in [-0.2, 0) is 17.7 Å². The number of thiophene rings is 1. The Morgan fingerprint density at radius 1 is 1.17 bits per heavy atom. The third-order valence-corrected chi connectivity index (χ3v) is 6.87. The number of hydrogen-bond donors (Lipinski definition) is 2. The molecule has 3 aromatic rings. The molecular weight excluding hydrogens is 396 g/mol. The second-order valence-electron chi connectivity index (χ2n) is 8.03. The Morgan fingerprint density at radius 2 is 1.90 bits per heavy atom. The van der Waals surface area contributed by atoms with Crippen LogP contribution in [-0.4, -0.2) is 58.4 Å². The van der Waals surface area contributed by atoms with Crippen molar-refractivity contribution in [2.24, 2.45) is 0 Å². The first-order chi connectivity index (χ1) is 14.5. The summed E-state index contributed by atoms with van der Waals surface area (Å²) in [6.07, 6.45) is 0.0889. The molecule has 1 fully saturated rings. The van der Waals surface area contributed by atoms with Crippen LogP contribution in [0.1, 0.15) is 28.8 Å². The number of fused-ring (bicyclic) bond motifs is 1. The molecule has 1 aliphatic rings. The lowest BCUT2D eigenvalue weighted by Crippen LogP contribution is -2.36. The van der Waals surface area contributed by atoms with Crippen LogP contribution in [0.3, 0.4) is 0 Å². The summed E-state index contributed by atoms with van der Waals surface area (Å²) in [5.74, 6) is 1.64. The fourth-order valence-corrected chi connectivity index (χ4v) is 4.82. The predicted molar refractivity (Wildman–Crippen MR) is 122 cm³/mol. The number of aryl methyl sites for hydroxylation is 2. The van der Waals surface area contributed by atoms with Gasteiger partial charge < -0.3 is 15.2 Å². The maximum absolute atomic E-state index is 10.8. The number of aliphatic hydroxyl groups excluding tert-OH is 1. The number of morpholine rings is 1. The number of nitrogens with zero attached hydrogens (tertiary/aromatic N) is 3. The largest absolute Gasteiger partial charge is 0.391 e. The quantitative estimate of drug-likeness (QED) is 0.602. The van der Waals surface area contributed by atoms with Gasteiger partial charge >= 0.3 is 0 Å². The molecule has 1 aromatic carbocycles. The summed E-state index contributed by atoms with van der Waals surface area (Å²) in [6.45, 7) is 10.3. The zero-order chi connectivity index (χ0) is 21.1. The number of hydrogen-bond acceptors (Lipinski definition) is 7. The monoisotopic (exact) mass is 426 g/mol. The lowest BCUT2D eigenvalue weighted by molar-refractivity contribution is 0.0331. The lowest BCUT2D eigenvalue weighted by atomic mass is 10.0. The van der Waals surface area contributed by atoms with Gasteiger partial charge in [-0.15, -0.1) is 11.3 Å². The van der Waals surface area contributed by atoms with Crippen molar-refractivity contribution in [1.82, 2.24) is 14.9 Å². The van der Waals surface area contributed by atoms with E-state index < -0.39 is 6.10 Å². The molecule has 6 nitrogen and oxygen atoms in total. The SMILES string of the molecule is Cc1sc2nc(CN3CCOCC3)nc(NC(C)C(O)Cc3ccccc3)c2c1C. The van der Waals surface area contributed by atoms with E-state index in [-0.39, 0.29) is 6.04 Å². The van der Waals surface area contributed by atoms with Gasteiger partial charge in [-0.05, 0) is 31.9 Å². The van der Waals surface area contributed by atoms with Gasteiger partial charge in [0, 0.05) is 24.4 Å². The molecule has 0 radical (unpaired) electrons. The summed E-state index contributed by atoms with van der Waals surface area (Å²) in [5, 5.41) is 15.4. The molecule has 0 spiro atoms. The van der Waals surface area contributed by atoms with E-state index in [1.54, 1.807) is 11.3 Å². The standard InChI is InChI=1S/C23H30N4O2S/c1-15-17(3)30-23-21(15)22(25-20(26-23)14-27-9-11-29-12-10-27)24-16(2)19(28)13-18-7-5-4-6-8-18/h4-8,16,19,28H,9-14H2,1-3H3,(H,24,25,26). The molecule has 2 N–H and O–H groups in total. The van der Waals surface area contributed by atoms with Gasteiger partial charge in [0.05, 0.1) is 37.3 Å². The average Bonchev–Trinajstić information content (AvgIpc) is 3.03. The highest BCUT2D eigenvalue weighted by Gasteiger charge is 2.21. The summed E-state index contributed by atoms with van der Waals surface area (Å²) in [5.41, 5.74) is 2.34. The van der Waals surface area contributed by atoms with Crippen molar-refractivity contribution in [2.45, 2.75) is 45.9 Å². The van der Waals surface area contributed by atoms with E-state index in [0.717, 1.165) is 53.7 Å². The summed E-state index contributed by atoms with van der Waals surface area (Å²) < 4.78 is 5.46. The molecule has 0 bridgehead atoms. The van der Waals surface area contributed by atoms with E-state index in [0.29, 0.717) is 13.0 Å². The molecule has 2 aromatic heterocycles. The Bertz CT molecular complexity index is 986. The van der Waals surface area contributed by atoms with Crippen molar-refractivity contribution in [3.8, 4) is 0 Å². The van der Waals surface area contributed by atoms with E-state index in [4.69, 9.17) is 14.7 Å². The van der Waals surface area contributed by atoms with Crippen LogP contribution in [0.2, 0.25) is 0 Å². The maximum atomic E-state index is 10.8. The number of nitrogens with one attached hydrogen (secondary N) is 1. The zero-order valence-corrected chi connectivity index (χ0v) is 18.7. The Morgan fingerprint density at radius 3 is 2.63 bits per heavy atom. The highest BCUT2D eigenvalue weighted by atomic mass is 32.1. The topological polar surface area (TPSA) is 70.5 Å². The molecule has 4 rings (SSSR count). The van der Waals surface area contributed by atoms with Crippen molar-refractivity contribution in [3.63, 3.8) is 0 Å². The van der Waals surface area contributed by atoms with Crippen LogP contribution in [0.5, 0.6) is 0 Å². The number of aliphatic hydroxyl groups is 1. The molecule has 0 amide bonds. The highest BCUT2D eigenvalue weighted by Crippen LogP contribution is 2.34. The summed E-state index contributed by atoms with van der Waals surface area (Å²) in [4.78, 5) is 14.3. The average molecular weight is 427 g/mol. The third kappa shape index (κ3) is 4.81. The number of aromatic nitrogens is 2.